The van der Waals surface area contributed by atoms with Crippen molar-refractivity contribution in [2.24, 2.45) is 5.92 Å². The van der Waals surface area contributed by atoms with E-state index in [4.69, 9.17) is 9.72 Å². The number of thiophene rings is 1. The molecule has 2 aliphatic rings. The van der Waals surface area contributed by atoms with Gasteiger partial charge in [0.15, 0.2) is 0 Å². The number of hydrogen-bond acceptors (Lipinski definition) is 9. The van der Waals surface area contributed by atoms with E-state index in [0.717, 1.165) is 66.6 Å². The van der Waals surface area contributed by atoms with Gasteiger partial charge in [0.25, 0.3) is 10.0 Å². The zero-order valence-electron chi connectivity index (χ0n) is 24.3. The molecule has 0 bridgehead atoms. The maximum Gasteiger partial charge on any atom is 0.316 e. The van der Waals surface area contributed by atoms with E-state index >= 15 is 0 Å². The van der Waals surface area contributed by atoms with Gasteiger partial charge in [-0.05, 0) is 79.9 Å². The molecule has 9 nitrogen and oxygen atoms in total. The second-order valence-corrected chi connectivity index (χ2v) is 15.1. The number of H-pyrrole nitrogens is 1. The van der Waals surface area contributed by atoms with Crippen LogP contribution in [0, 0.1) is 5.92 Å². The molecule has 0 saturated heterocycles. The Balaban J connectivity index is 1.21. The highest BCUT2D eigenvalue weighted by molar-refractivity contribution is 7.91. The summed E-state index contributed by atoms with van der Waals surface area (Å²) in [7, 11) is -3.67. The fourth-order valence-electron chi connectivity index (χ4n) is 5.03. The molecule has 1 atom stereocenters. The third kappa shape index (κ3) is 7.09. The minimum Gasteiger partial charge on any atom is -0.460 e. The molecule has 1 N–H and O–H groups in total. The maximum absolute atomic E-state index is 13.8. The lowest BCUT2D eigenvalue weighted by molar-refractivity contribution is 0.164. The zero-order chi connectivity index (χ0) is 29.8. The highest BCUT2D eigenvalue weighted by atomic mass is 32.2. The highest BCUT2D eigenvalue weighted by Gasteiger charge is 2.34. The van der Waals surface area contributed by atoms with Gasteiger partial charge in [-0.3, -0.25) is 9.21 Å². The number of nitrogens with one attached hydrogen (secondary N) is 1. The Morgan fingerprint density at radius 1 is 1.19 bits per heavy atom. The van der Waals surface area contributed by atoms with E-state index in [9.17, 15) is 8.42 Å². The molecule has 4 heterocycles. The lowest BCUT2D eigenvalue weighted by Gasteiger charge is -2.24. The average molecular weight is 637 g/mol. The average Bonchev–Trinajstić information content (AvgIpc) is 3.36. The second kappa shape index (κ2) is 13.1. The van der Waals surface area contributed by atoms with Crippen LogP contribution in [-0.2, 0) is 16.6 Å². The topological polar surface area (TPSA) is 104 Å². The van der Waals surface area contributed by atoms with Gasteiger partial charge >= 0.3 is 6.01 Å². The molecular formula is C31H36N6O3S3. The first-order valence-corrected chi connectivity index (χ1v) is 17.8. The Morgan fingerprint density at radius 3 is 2.77 bits per heavy atom. The van der Waals surface area contributed by atoms with Crippen LogP contribution in [0.3, 0.4) is 0 Å². The van der Waals surface area contributed by atoms with Crippen LogP contribution in [0.2, 0.25) is 0 Å². The summed E-state index contributed by atoms with van der Waals surface area (Å²) in [6.07, 6.45) is 15.2. The molecule has 43 heavy (non-hydrogen) atoms. The van der Waals surface area contributed by atoms with Gasteiger partial charge in [0.05, 0.1) is 16.7 Å². The van der Waals surface area contributed by atoms with Crippen LogP contribution in [0.5, 0.6) is 6.01 Å². The number of sulfonamides is 1. The van der Waals surface area contributed by atoms with E-state index < -0.39 is 10.0 Å². The monoisotopic (exact) mass is 636 g/mol. The predicted octanol–water partition coefficient (Wildman–Crippen LogP) is 4.62. The maximum atomic E-state index is 13.8. The molecule has 1 unspecified atom stereocenters. The number of aromatic amines is 1. The fraction of sp³-hybridized carbons (Fsp3) is 0.387. The Hall–Kier alpha value is -3.32. The lowest BCUT2D eigenvalue weighted by atomic mass is 10.2. The summed E-state index contributed by atoms with van der Waals surface area (Å²) < 4.78 is 35.4. The summed E-state index contributed by atoms with van der Waals surface area (Å²) in [5.41, 5.74) is 1.60. The molecule has 12 heteroatoms. The molecule has 226 valence electrons. The smallest absolute Gasteiger partial charge is 0.316 e. The Kier molecular flexibility index (Phi) is 9.08. The Labute approximate surface area is 260 Å². The van der Waals surface area contributed by atoms with Crippen LogP contribution in [0.25, 0.3) is 22.5 Å². The van der Waals surface area contributed by atoms with Gasteiger partial charge in [-0.25, -0.2) is 23.4 Å². The van der Waals surface area contributed by atoms with Gasteiger partial charge in [0, 0.05) is 43.1 Å². The van der Waals surface area contributed by atoms with Crippen molar-refractivity contribution in [2.75, 3.05) is 19.6 Å². The Morgan fingerprint density at radius 2 is 2.02 bits per heavy atom. The normalized spacial score (nSPS) is 15.7. The van der Waals surface area contributed by atoms with Gasteiger partial charge in [0.1, 0.15) is 15.3 Å². The van der Waals surface area contributed by atoms with E-state index in [1.165, 1.54) is 16.2 Å². The zero-order valence-corrected chi connectivity index (χ0v) is 26.8. The molecule has 1 saturated carbocycles. The van der Waals surface area contributed by atoms with Crippen LogP contribution in [0.4, 0.5) is 0 Å². The molecule has 4 aromatic rings. The highest BCUT2D eigenvalue weighted by Crippen LogP contribution is 2.35. The summed E-state index contributed by atoms with van der Waals surface area (Å²) in [5.74, 6) is 0.394. The first kappa shape index (κ1) is 29.7. The van der Waals surface area contributed by atoms with Crippen molar-refractivity contribution in [2.45, 2.75) is 56.4 Å². The minimum atomic E-state index is -3.67. The summed E-state index contributed by atoms with van der Waals surface area (Å²) in [4.78, 5) is 20.2. The molecule has 0 amide bonds. The molecule has 1 fully saturated rings. The van der Waals surface area contributed by atoms with Crippen LogP contribution >= 0.6 is 22.7 Å². The van der Waals surface area contributed by atoms with Crippen LogP contribution in [0.15, 0.2) is 64.6 Å². The third-order valence-corrected chi connectivity index (χ3v) is 11.8. The fourth-order valence-corrected chi connectivity index (χ4v) is 8.61. The van der Waals surface area contributed by atoms with Crippen molar-refractivity contribution in [3.63, 3.8) is 0 Å². The molecule has 0 aliphatic heterocycles. The first-order valence-electron chi connectivity index (χ1n) is 14.7. The van der Waals surface area contributed by atoms with Crippen LogP contribution < -0.4 is 15.3 Å². The molecule has 6 rings (SSSR count). The number of hydrogen-bond donors (Lipinski definition) is 1. The number of aromatic nitrogens is 4. The first-order chi connectivity index (χ1) is 20.9. The molecule has 0 aromatic carbocycles. The standard InChI is InChI=1S/C31H36N6O3S3/c1-3-36(16-13-22(2)40-31-32-14-7-15-33-31)21-25-19-34-30(42-25)26-18-24-8-4-5-9-27(29(24)35-26)37(20-23-11-12-23)43(38,39)28-10-6-17-41-28/h5-10,14-15,17-19,22-23,35H,3-4,11-13,16,20-21H2,1-2H3. The van der Waals surface area contributed by atoms with Crippen molar-refractivity contribution < 1.29 is 13.2 Å². The van der Waals surface area contributed by atoms with Crippen molar-refractivity contribution in [3.05, 3.63) is 75.8 Å². The number of ether oxygens (including phenoxy) is 1. The third-order valence-electron chi connectivity index (χ3n) is 7.59. The largest absolute Gasteiger partial charge is 0.460 e. The molecule has 2 aliphatic carbocycles. The van der Waals surface area contributed by atoms with Crippen LogP contribution in [0.1, 0.15) is 44.4 Å². The summed E-state index contributed by atoms with van der Waals surface area (Å²) in [6.45, 7) is 7.28. The van der Waals surface area contributed by atoms with Crippen molar-refractivity contribution >= 4 is 44.5 Å². The second-order valence-electron chi connectivity index (χ2n) is 10.9. The van der Waals surface area contributed by atoms with Gasteiger partial charge in [-0.2, -0.15) is 0 Å². The van der Waals surface area contributed by atoms with Gasteiger partial charge in [-0.15, -0.1) is 22.7 Å². The van der Waals surface area contributed by atoms with E-state index in [0.29, 0.717) is 28.4 Å². The van der Waals surface area contributed by atoms with Gasteiger partial charge in [0.2, 0.25) is 0 Å². The molecule has 0 radical (unpaired) electrons. The summed E-state index contributed by atoms with van der Waals surface area (Å²) >= 11 is 2.93. The van der Waals surface area contributed by atoms with E-state index in [1.54, 1.807) is 46.2 Å². The summed E-state index contributed by atoms with van der Waals surface area (Å²) in [6, 6.07) is 7.76. The van der Waals surface area contributed by atoms with Gasteiger partial charge in [-0.1, -0.05) is 25.1 Å². The number of thiazole rings is 1. The van der Waals surface area contributed by atoms with Crippen molar-refractivity contribution in [1.82, 2.24) is 29.1 Å². The minimum absolute atomic E-state index is 0.00153. The number of nitrogens with zero attached hydrogens (tertiary/aromatic N) is 5. The van der Waals surface area contributed by atoms with E-state index in [-0.39, 0.29) is 6.10 Å². The lowest BCUT2D eigenvalue weighted by Crippen LogP contribution is -2.37. The quantitative estimate of drug-likeness (QED) is 0.216. The number of allylic oxidation sites excluding steroid dienone is 1. The van der Waals surface area contributed by atoms with Crippen molar-refractivity contribution in [3.8, 4) is 16.7 Å². The van der Waals surface area contributed by atoms with E-state index in [2.05, 4.69) is 38.9 Å². The number of fused-ring (bicyclic) bond motifs is 1. The van der Waals surface area contributed by atoms with Gasteiger partial charge < -0.3 is 9.72 Å². The molecule has 0 spiro atoms. The molecular weight excluding hydrogens is 601 g/mol. The van der Waals surface area contributed by atoms with Crippen LogP contribution in [-0.4, -0.2) is 63.3 Å². The van der Waals surface area contributed by atoms with Crippen molar-refractivity contribution in [1.29, 1.82) is 0 Å². The molecule has 4 aromatic heterocycles. The Bertz CT molecular complexity index is 1780. The SMILES string of the molecule is CCN(CCC(C)Oc1ncccn1)Cc1cnc(-c2cc3c([nH]2)=C(N(CC2CC2)S(=O)(=O)c2cccs2)C=CCC=3)s1. The number of rotatable bonds is 14. The predicted molar refractivity (Wildman–Crippen MR) is 171 cm³/mol. The van der Waals surface area contributed by atoms with E-state index in [1.807, 2.05) is 30.7 Å². The summed E-state index contributed by atoms with van der Waals surface area (Å²) in [5, 5.41) is 4.53.